The van der Waals surface area contributed by atoms with Crippen molar-refractivity contribution in [3.63, 3.8) is 0 Å². The van der Waals surface area contributed by atoms with Crippen molar-refractivity contribution in [1.29, 1.82) is 0 Å². The number of aryl methyl sites for hydroxylation is 1. The maximum absolute atomic E-state index is 14.4. The summed E-state index contributed by atoms with van der Waals surface area (Å²) in [6.07, 6.45) is 5.96. The molecule has 0 bridgehead atoms. The molecule has 8 nitrogen and oxygen atoms in total. The molecule has 224 valence electrons. The van der Waals surface area contributed by atoms with Gasteiger partial charge in [0.1, 0.15) is 12.2 Å². The standard InChI is InChI=1S/C31H48NO7P/c1-5-29(34)38-30(23(2)3)39-40(37,19-13-12-16-25-14-8-6-9-15-25)22-28(33)32(31(35)36)21-27(20-24(32)4)26-17-10-7-11-18-26/h6,8-9,14-15,23-24,26-27,30H,5,7,10-13,16-22H2,1-4H3/p+1/t24-,27-,30?,32+,40?/m1/s1. The minimum atomic E-state index is -3.69. The van der Waals surface area contributed by atoms with E-state index in [-0.39, 0.29) is 31.0 Å². The van der Waals surface area contributed by atoms with E-state index in [2.05, 4.69) is 0 Å². The number of nitrogens with zero attached hydrogens (tertiary/aromatic N) is 1. The summed E-state index contributed by atoms with van der Waals surface area (Å²) in [5.41, 5.74) is 1.17. The van der Waals surface area contributed by atoms with Gasteiger partial charge in [-0.1, -0.05) is 70.4 Å². The van der Waals surface area contributed by atoms with Gasteiger partial charge in [-0.05, 0) is 50.5 Å². The van der Waals surface area contributed by atoms with Gasteiger partial charge in [0, 0.05) is 30.8 Å². The zero-order valence-corrected chi connectivity index (χ0v) is 25.7. The predicted octanol–water partition coefficient (Wildman–Crippen LogP) is 7.25. The molecule has 0 spiro atoms. The number of carbonyl (C=O) groups excluding carboxylic acids is 2. The normalized spacial score (nSPS) is 25.8. The number of rotatable bonds is 13. The van der Waals surface area contributed by atoms with E-state index in [1.807, 2.05) is 37.3 Å². The van der Waals surface area contributed by atoms with E-state index in [4.69, 9.17) is 9.26 Å². The average molecular weight is 579 g/mol. The average Bonchev–Trinajstić information content (AvgIpc) is 3.30. The number of benzene rings is 1. The second-order valence-corrected chi connectivity index (χ2v) is 14.8. The number of imide groups is 1. The van der Waals surface area contributed by atoms with Crippen molar-refractivity contribution < 1.29 is 37.8 Å². The zero-order chi connectivity index (χ0) is 29.3. The number of ether oxygens (including phenoxy) is 1. The largest absolute Gasteiger partial charge is 0.521 e. The highest BCUT2D eigenvalue weighted by atomic mass is 31.2. The number of amides is 2. The lowest BCUT2D eigenvalue weighted by molar-refractivity contribution is -0.793. The Hall–Kier alpha value is -2.02. The third-order valence-corrected chi connectivity index (χ3v) is 11.2. The number of carbonyl (C=O) groups is 3. The van der Waals surface area contributed by atoms with Crippen LogP contribution in [0.25, 0.3) is 0 Å². The molecule has 3 rings (SSSR count). The minimum absolute atomic E-state index is 0.124. The SMILES string of the molecule is CCC(=O)OC(OP(=O)(CCCCc1ccccc1)CC(=O)[N@+]1(C(=O)O)C[C@H](C2CCCCC2)C[C@H]1C)C(C)C. The predicted molar refractivity (Wildman–Crippen MR) is 155 cm³/mol. The molecule has 40 heavy (non-hydrogen) atoms. The highest BCUT2D eigenvalue weighted by Crippen LogP contribution is 2.52. The van der Waals surface area contributed by atoms with Crippen LogP contribution < -0.4 is 0 Å². The van der Waals surface area contributed by atoms with Crippen LogP contribution in [0.1, 0.15) is 91.0 Å². The lowest BCUT2D eigenvalue weighted by atomic mass is 9.79. The number of esters is 1. The van der Waals surface area contributed by atoms with Crippen LogP contribution in [0.5, 0.6) is 0 Å². The van der Waals surface area contributed by atoms with Gasteiger partial charge in [-0.3, -0.25) is 13.9 Å². The first-order valence-electron chi connectivity index (χ1n) is 15.1. The van der Waals surface area contributed by atoms with Crippen molar-refractivity contribution in [3.8, 4) is 0 Å². The summed E-state index contributed by atoms with van der Waals surface area (Å²) in [4.78, 5) is 38.8. The molecule has 1 aliphatic carbocycles. The van der Waals surface area contributed by atoms with E-state index in [1.54, 1.807) is 20.8 Å². The highest BCUT2D eigenvalue weighted by molar-refractivity contribution is 7.59. The van der Waals surface area contributed by atoms with Crippen molar-refractivity contribution in [3.05, 3.63) is 35.9 Å². The molecule has 1 heterocycles. The maximum Gasteiger partial charge on any atom is 0.521 e. The number of hydrogen-bond donors (Lipinski definition) is 1. The van der Waals surface area contributed by atoms with Gasteiger partial charge in [0.25, 0.3) is 0 Å². The van der Waals surface area contributed by atoms with Gasteiger partial charge < -0.3 is 9.84 Å². The zero-order valence-electron chi connectivity index (χ0n) is 24.8. The Balaban J connectivity index is 1.80. The topological polar surface area (TPSA) is 107 Å². The van der Waals surface area contributed by atoms with Crippen LogP contribution in [0.3, 0.4) is 0 Å². The Morgan fingerprint density at radius 3 is 2.33 bits per heavy atom. The smallest absolute Gasteiger partial charge is 0.435 e. The second-order valence-electron chi connectivity index (χ2n) is 12.2. The summed E-state index contributed by atoms with van der Waals surface area (Å²) >= 11 is 0. The summed E-state index contributed by atoms with van der Waals surface area (Å²) in [5.74, 6) is -0.724. The van der Waals surface area contributed by atoms with E-state index in [0.717, 1.165) is 38.5 Å². The molecule has 9 heteroatoms. The molecule has 2 aliphatic rings. The first kappa shape index (κ1) is 32.5. The highest BCUT2D eigenvalue weighted by Gasteiger charge is 2.58. The molecular formula is C31H49NO7P+. The number of quaternary nitrogens is 1. The molecule has 0 aromatic heterocycles. The Morgan fingerprint density at radius 2 is 1.73 bits per heavy atom. The third kappa shape index (κ3) is 8.27. The molecule has 2 amide bonds. The Morgan fingerprint density at radius 1 is 1.05 bits per heavy atom. The van der Waals surface area contributed by atoms with E-state index in [9.17, 15) is 24.1 Å². The van der Waals surface area contributed by atoms with Crippen LogP contribution in [0.4, 0.5) is 4.79 Å². The van der Waals surface area contributed by atoms with Gasteiger partial charge in [0.15, 0.2) is 0 Å². The van der Waals surface area contributed by atoms with E-state index in [0.29, 0.717) is 18.8 Å². The van der Waals surface area contributed by atoms with Gasteiger partial charge in [-0.25, -0.2) is 4.79 Å². The van der Waals surface area contributed by atoms with Crippen LogP contribution >= 0.6 is 7.37 Å². The lowest BCUT2D eigenvalue weighted by Gasteiger charge is -2.33. The molecule has 2 unspecified atom stereocenters. The quantitative estimate of drug-likeness (QED) is 0.0864. The molecule has 2 fully saturated rings. The van der Waals surface area contributed by atoms with Crippen LogP contribution in [0, 0.1) is 17.8 Å². The number of unbranched alkanes of at least 4 members (excludes halogenated alkanes) is 1. The monoisotopic (exact) mass is 578 g/mol. The van der Waals surface area contributed by atoms with E-state index >= 15 is 0 Å². The fourth-order valence-corrected chi connectivity index (χ4v) is 8.79. The Kier molecular flexibility index (Phi) is 12.0. The summed E-state index contributed by atoms with van der Waals surface area (Å²) in [6.45, 7) is 7.35. The lowest BCUT2D eigenvalue weighted by Crippen LogP contribution is -2.60. The maximum atomic E-state index is 14.4. The Bertz CT molecular complexity index is 1040. The van der Waals surface area contributed by atoms with Gasteiger partial charge in [0.2, 0.25) is 13.7 Å². The van der Waals surface area contributed by atoms with Crippen LogP contribution in [-0.2, 0) is 29.8 Å². The second kappa shape index (κ2) is 14.7. The summed E-state index contributed by atoms with van der Waals surface area (Å²) in [6, 6.07) is 9.59. The van der Waals surface area contributed by atoms with E-state index in [1.165, 1.54) is 12.0 Å². The third-order valence-electron chi connectivity index (χ3n) is 8.83. The molecule has 1 aromatic carbocycles. The fourth-order valence-electron chi connectivity index (χ4n) is 6.42. The van der Waals surface area contributed by atoms with Crippen molar-refractivity contribution >= 4 is 25.3 Å². The van der Waals surface area contributed by atoms with Crippen LogP contribution in [0.15, 0.2) is 30.3 Å². The van der Waals surface area contributed by atoms with Crippen molar-refractivity contribution in [2.45, 2.75) is 104 Å². The number of likely N-dealkylation sites (tertiary alicyclic amines) is 1. The van der Waals surface area contributed by atoms with Crippen LogP contribution in [0.2, 0.25) is 0 Å². The molecule has 1 N–H and O–H groups in total. The summed E-state index contributed by atoms with van der Waals surface area (Å²) in [5, 5.41) is 10.4. The van der Waals surface area contributed by atoms with Gasteiger partial charge in [0.05, 0.1) is 6.54 Å². The molecule has 1 saturated heterocycles. The van der Waals surface area contributed by atoms with Crippen LogP contribution in [-0.4, -0.2) is 58.8 Å². The number of carboxylic acid groups (broad SMARTS) is 1. The molecule has 1 saturated carbocycles. The van der Waals surface area contributed by atoms with Gasteiger partial charge >= 0.3 is 18.0 Å². The molecule has 0 radical (unpaired) electrons. The molecule has 1 aromatic rings. The Labute approximate surface area is 239 Å². The first-order chi connectivity index (χ1) is 19.0. The minimum Gasteiger partial charge on any atom is -0.435 e. The molecule has 1 aliphatic heterocycles. The summed E-state index contributed by atoms with van der Waals surface area (Å²) < 4.78 is 25.2. The number of hydrogen-bond acceptors (Lipinski definition) is 6. The first-order valence-corrected chi connectivity index (χ1v) is 17.1. The summed E-state index contributed by atoms with van der Waals surface area (Å²) in [7, 11) is -3.69. The van der Waals surface area contributed by atoms with Crippen molar-refractivity contribution in [2.75, 3.05) is 18.9 Å². The van der Waals surface area contributed by atoms with E-state index < -0.39 is 48.3 Å². The molecular weight excluding hydrogens is 529 g/mol. The van der Waals surface area contributed by atoms with Gasteiger partial charge in [-0.15, -0.1) is 0 Å². The fraction of sp³-hybridized carbons (Fsp3) is 0.710. The van der Waals surface area contributed by atoms with Crippen molar-refractivity contribution in [1.82, 2.24) is 0 Å². The van der Waals surface area contributed by atoms with Gasteiger partial charge in [-0.2, -0.15) is 9.28 Å². The molecule has 5 atom stereocenters. The van der Waals surface area contributed by atoms with Crippen molar-refractivity contribution in [2.24, 2.45) is 17.8 Å².